The molecule has 1 aliphatic rings. The van der Waals surface area contributed by atoms with Crippen LogP contribution in [0.1, 0.15) is 51.2 Å². The maximum atomic E-state index is 3.69. The van der Waals surface area contributed by atoms with Crippen molar-refractivity contribution in [3.63, 3.8) is 0 Å². The molecule has 18 heavy (non-hydrogen) atoms. The quantitative estimate of drug-likeness (QED) is 0.821. The van der Waals surface area contributed by atoms with Gasteiger partial charge in [-0.25, -0.2) is 0 Å². The summed E-state index contributed by atoms with van der Waals surface area (Å²) in [5.74, 6) is 1.66. The fraction of sp³-hybridized carbons (Fsp3) is 0.647. The van der Waals surface area contributed by atoms with E-state index in [1.807, 2.05) is 0 Å². The van der Waals surface area contributed by atoms with Gasteiger partial charge in [0.15, 0.2) is 0 Å². The van der Waals surface area contributed by atoms with Crippen molar-refractivity contribution in [2.45, 2.75) is 59.0 Å². The zero-order valence-corrected chi connectivity index (χ0v) is 12.1. The van der Waals surface area contributed by atoms with Gasteiger partial charge in [-0.15, -0.1) is 0 Å². The van der Waals surface area contributed by atoms with Crippen LogP contribution in [0.4, 0.5) is 0 Å². The fourth-order valence-corrected chi connectivity index (χ4v) is 2.92. The van der Waals surface area contributed by atoms with Gasteiger partial charge in [0, 0.05) is 12.6 Å². The Kier molecular flexibility index (Phi) is 4.82. The van der Waals surface area contributed by atoms with Crippen LogP contribution in [0.2, 0.25) is 0 Å². The first kappa shape index (κ1) is 13.6. The third kappa shape index (κ3) is 4.13. The van der Waals surface area contributed by atoms with E-state index in [4.69, 9.17) is 0 Å². The summed E-state index contributed by atoms with van der Waals surface area (Å²) in [6, 6.07) is 9.88. The minimum Gasteiger partial charge on any atom is -0.310 e. The van der Waals surface area contributed by atoms with Crippen LogP contribution in [0, 0.1) is 11.8 Å². The van der Waals surface area contributed by atoms with Gasteiger partial charge in [0.25, 0.3) is 0 Å². The summed E-state index contributed by atoms with van der Waals surface area (Å²) >= 11 is 0. The molecule has 1 heteroatoms. The lowest BCUT2D eigenvalue weighted by Gasteiger charge is -2.13. The standard InChI is InChI=1S/C17H27N/c1-13(2)10-15-5-7-16(8-6-15)12-18-17-9-4-14(3)11-17/h5-8,13-14,17-18H,4,9-12H2,1-3H3. The molecule has 1 nitrogen and oxygen atoms in total. The Hall–Kier alpha value is -0.820. The smallest absolute Gasteiger partial charge is 0.0208 e. The van der Waals surface area contributed by atoms with Gasteiger partial charge in [-0.1, -0.05) is 45.0 Å². The van der Waals surface area contributed by atoms with Gasteiger partial charge in [-0.05, 0) is 48.6 Å². The van der Waals surface area contributed by atoms with E-state index in [2.05, 4.69) is 50.4 Å². The molecule has 0 radical (unpaired) electrons. The van der Waals surface area contributed by atoms with Crippen LogP contribution >= 0.6 is 0 Å². The summed E-state index contributed by atoms with van der Waals surface area (Å²) in [5.41, 5.74) is 2.88. The Labute approximate surface area is 112 Å². The van der Waals surface area contributed by atoms with Crippen LogP contribution in [0.3, 0.4) is 0 Å². The molecule has 2 unspecified atom stereocenters. The normalized spacial score (nSPS) is 23.8. The molecule has 1 aromatic carbocycles. The van der Waals surface area contributed by atoms with Gasteiger partial charge in [0.1, 0.15) is 0 Å². The van der Waals surface area contributed by atoms with E-state index in [0.29, 0.717) is 0 Å². The largest absolute Gasteiger partial charge is 0.310 e. The third-order valence-electron chi connectivity index (χ3n) is 3.96. The monoisotopic (exact) mass is 245 g/mol. The van der Waals surface area contributed by atoms with E-state index in [1.54, 1.807) is 0 Å². The van der Waals surface area contributed by atoms with E-state index >= 15 is 0 Å². The molecular weight excluding hydrogens is 218 g/mol. The maximum absolute atomic E-state index is 3.69. The first-order valence-corrected chi connectivity index (χ1v) is 7.44. The van der Waals surface area contributed by atoms with Crippen molar-refractivity contribution < 1.29 is 0 Å². The van der Waals surface area contributed by atoms with Crippen molar-refractivity contribution in [3.05, 3.63) is 35.4 Å². The summed E-state index contributed by atoms with van der Waals surface area (Å²) in [4.78, 5) is 0. The molecule has 0 saturated heterocycles. The van der Waals surface area contributed by atoms with E-state index in [1.165, 1.54) is 36.8 Å². The zero-order valence-electron chi connectivity index (χ0n) is 12.1. The highest BCUT2D eigenvalue weighted by molar-refractivity contribution is 5.22. The van der Waals surface area contributed by atoms with Crippen molar-refractivity contribution in [3.8, 4) is 0 Å². The molecule has 1 aromatic rings. The Balaban J connectivity index is 1.79. The summed E-state index contributed by atoms with van der Waals surface area (Å²) in [6.07, 6.45) is 5.29. The topological polar surface area (TPSA) is 12.0 Å². The van der Waals surface area contributed by atoms with E-state index in [9.17, 15) is 0 Å². The fourth-order valence-electron chi connectivity index (χ4n) is 2.92. The van der Waals surface area contributed by atoms with Gasteiger partial charge in [-0.2, -0.15) is 0 Å². The predicted octanol–water partition coefficient (Wildman–Crippen LogP) is 4.16. The molecule has 1 saturated carbocycles. The lowest BCUT2D eigenvalue weighted by Crippen LogP contribution is -2.25. The molecule has 0 amide bonds. The molecule has 0 bridgehead atoms. The summed E-state index contributed by atoms with van der Waals surface area (Å²) in [6.45, 7) is 7.94. The van der Waals surface area contributed by atoms with Gasteiger partial charge < -0.3 is 5.32 Å². The predicted molar refractivity (Wildman–Crippen MR) is 78.6 cm³/mol. The van der Waals surface area contributed by atoms with Crippen LogP contribution in [-0.2, 0) is 13.0 Å². The van der Waals surface area contributed by atoms with Gasteiger partial charge in [-0.3, -0.25) is 0 Å². The summed E-state index contributed by atoms with van der Waals surface area (Å²) in [7, 11) is 0. The van der Waals surface area contributed by atoms with E-state index in [-0.39, 0.29) is 0 Å². The maximum Gasteiger partial charge on any atom is 0.0208 e. The van der Waals surface area contributed by atoms with Crippen LogP contribution in [0.25, 0.3) is 0 Å². The first-order chi connectivity index (χ1) is 8.63. The highest BCUT2D eigenvalue weighted by Crippen LogP contribution is 2.24. The molecule has 0 aromatic heterocycles. The Bertz CT molecular complexity index is 352. The van der Waals surface area contributed by atoms with Crippen LogP contribution in [0.5, 0.6) is 0 Å². The minimum atomic E-state index is 0.744. The van der Waals surface area contributed by atoms with Crippen molar-refractivity contribution in [1.29, 1.82) is 0 Å². The lowest BCUT2D eigenvalue weighted by atomic mass is 10.0. The van der Waals surface area contributed by atoms with E-state index in [0.717, 1.165) is 24.4 Å². The van der Waals surface area contributed by atoms with Crippen molar-refractivity contribution in [2.75, 3.05) is 0 Å². The van der Waals surface area contributed by atoms with Crippen molar-refractivity contribution in [2.24, 2.45) is 11.8 Å². The Morgan fingerprint density at radius 2 is 1.78 bits per heavy atom. The number of nitrogens with one attached hydrogen (secondary N) is 1. The second-order valence-electron chi connectivity index (χ2n) is 6.41. The summed E-state index contributed by atoms with van der Waals surface area (Å²) < 4.78 is 0. The third-order valence-corrected chi connectivity index (χ3v) is 3.96. The highest BCUT2D eigenvalue weighted by atomic mass is 14.9. The SMILES string of the molecule is CC(C)Cc1ccc(CNC2CCC(C)C2)cc1. The Morgan fingerprint density at radius 3 is 2.33 bits per heavy atom. The average Bonchev–Trinajstić information content (AvgIpc) is 2.74. The van der Waals surface area contributed by atoms with E-state index < -0.39 is 0 Å². The molecule has 2 atom stereocenters. The number of rotatable bonds is 5. The van der Waals surface area contributed by atoms with Crippen LogP contribution in [-0.4, -0.2) is 6.04 Å². The van der Waals surface area contributed by atoms with Gasteiger partial charge in [0.2, 0.25) is 0 Å². The molecule has 1 fully saturated rings. The molecule has 0 aliphatic heterocycles. The minimum absolute atomic E-state index is 0.744. The molecule has 2 rings (SSSR count). The van der Waals surface area contributed by atoms with Gasteiger partial charge in [0.05, 0.1) is 0 Å². The molecule has 0 heterocycles. The summed E-state index contributed by atoms with van der Waals surface area (Å²) in [5, 5.41) is 3.69. The molecular formula is C17H27N. The second kappa shape index (κ2) is 6.38. The zero-order chi connectivity index (χ0) is 13.0. The van der Waals surface area contributed by atoms with Crippen molar-refractivity contribution >= 4 is 0 Å². The second-order valence-corrected chi connectivity index (χ2v) is 6.41. The molecule has 1 N–H and O–H groups in total. The lowest BCUT2D eigenvalue weighted by molar-refractivity contribution is 0.502. The van der Waals surface area contributed by atoms with Crippen LogP contribution < -0.4 is 5.32 Å². The molecule has 100 valence electrons. The first-order valence-electron chi connectivity index (χ1n) is 7.44. The van der Waals surface area contributed by atoms with Gasteiger partial charge >= 0.3 is 0 Å². The average molecular weight is 245 g/mol. The molecule has 1 aliphatic carbocycles. The highest BCUT2D eigenvalue weighted by Gasteiger charge is 2.20. The number of benzene rings is 1. The Morgan fingerprint density at radius 1 is 1.11 bits per heavy atom. The number of hydrogen-bond acceptors (Lipinski definition) is 1. The van der Waals surface area contributed by atoms with Crippen LogP contribution in [0.15, 0.2) is 24.3 Å². The molecule has 0 spiro atoms. The van der Waals surface area contributed by atoms with Crippen molar-refractivity contribution in [1.82, 2.24) is 5.32 Å². The number of hydrogen-bond donors (Lipinski definition) is 1.